The third kappa shape index (κ3) is 2.58. The van der Waals surface area contributed by atoms with Crippen LogP contribution in [0, 0.1) is 12.3 Å². The quantitative estimate of drug-likeness (QED) is 0.804. The molecule has 2 heterocycles. The van der Waals surface area contributed by atoms with Crippen molar-refractivity contribution in [2.24, 2.45) is 5.41 Å². The maximum absolute atomic E-state index is 12.0. The lowest BCUT2D eigenvalue weighted by Gasteiger charge is -2.10. The van der Waals surface area contributed by atoms with Crippen molar-refractivity contribution in [3.05, 3.63) is 40.4 Å². The van der Waals surface area contributed by atoms with Crippen LogP contribution in [-0.2, 0) is 9.47 Å². The second-order valence-electron chi connectivity index (χ2n) is 6.53. The fraction of sp³-hybridized carbons (Fsp3) is 0.444. The predicted octanol–water partition coefficient (Wildman–Crippen LogP) is 3.80. The van der Waals surface area contributed by atoms with Gasteiger partial charge in [0, 0.05) is 28.7 Å². The summed E-state index contributed by atoms with van der Waals surface area (Å²) in [5.74, 6) is 0.188. The van der Waals surface area contributed by atoms with Crippen molar-refractivity contribution in [3.8, 4) is 10.6 Å². The zero-order chi connectivity index (χ0) is 16.0. The molecule has 1 saturated heterocycles. The second kappa shape index (κ2) is 5.42. The van der Waals surface area contributed by atoms with Crippen LogP contribution in [0.15, 0.2) is 24.4 Å². The lowest BCUT2D eigenvalue weighted by molar-refractivity contribution is 0.0600. The Morgan fingerprint density at radius 3 is 2.96 bits per heavy atom. The van der Waals surface area contributed by atoms with Crippen LogP contribution < -0.4 is 0 Å². The van der Waals surface area contributed by atoms with Crippen molar-refractivity contribution >= 4 is 17.3 Å². The number of aryl methyl sites for hydroxylation is 1. The fourth-order valence-electron chi connectivity index (χ4n) is 3.58. The predicted molar refractivity (Wildman–Crippen MR) is 88.9 cm³/mol. The Morgan fingerprint density at radius 1 is 1.43 bits per heavy atom. The van der Waals surface area contributed by atoms with Gasteiger partial charge in [-0.05, 0) is 49.4 Å². The fourth-order valence-corrected chi connectivity index (χ4v) is 4.33. The van der Waals surface area contributed by atoms with E-state index in [4.69, 9.17) is 9.47 Å². The molecule has 23 heavy (non-hydrogen) atoms. The molecule has 2 aliphatic rings. The number of ether oxygens (including phenoxy) is 2. The molecule has 0 radical (unpaired) electrons. The molecule has 0 N–H and O–H groups in total. The summed E-state index contributed by atoms with van der Waals surface area (Å²) in [4.78, 5) is 17.7. The standard InChI is InChI=1S/C18H19NO3S/c1-11-9-19-16(23-11)13-5-12(6-14(7-13)17(20)21-2)15-8-18(15)3-4-22-10-18/h5-7,9,15H,3-4,8,10H2,1-2H3. The van der Waals surface area contributed by atoms with Crippen LogP contribution in [0.3, 0.4) is 0 Å². The van der Waals surface area contributed by atoms with Gasteiger partial charge in [-0.15, -0.1) is 11.3 Å². The Morgan fingerprint density at radius 2 is 2.30 bits per heavy atom. The number of carbonyl (C=O) groups excluding carboxylic acids is 1. The Bertz CT molecular complexity index is 761. The Kier molecular flexibility index (Phi) is 3.50. The van der Waals surface area contributed by atoms with E-state index in [0.29, 0.717) is 16.9 Å². The normalized spacial score (nSPS) is 25.7. The van der Waals surface area contributed by atoms with Crippen LogP contribution in [0.2, 0.25) is 0 Å². The zero-order valence-electron chi connectivity index (χ0n) is 13.3. The smallest absolute Gasteiger partial charge is 0.337 e. The summed E-state index contributed by atoms with van der Waals surface area (Å²) in [5.41, 5.74) is 3.11. The van der Waals surface area contributed by atoms with Gasteiger partial charge in [-0.25, -0.2) is 9.78 Å². The molecule has 5 heteroatoms. The monoisotopic (exact) mass is 329 g/mol. The first-order valence-electron chi connectivity index (χ1n) is 7.85. The molecule has 1 aromatic carbocycles. The van der Waals surface area contributed by atoms with E-state index in [1.165, 1.54) is 12.7 Å². The second-order valence-corrected chi connectivity index (χ2v) is 7.77. The molecule has 2 fully saturated rings. The minimum absolute atomic E-state index is 0.293. The number of rotatable bonds is 3. The minimum atomic E-state index is -0.293. The van der Waals surface area contributed by atoms with E-state index in [2.05, 4.69) is 11.1 Å². The molecule has 1 aliphatic heterocycles. The van der Waals surface area contributed by atoms with Crippen molar-refractivity contribution < 1.29 is 14.3 Å². The first-order valence-corrected chi connectivity index (χ1v) is 8.67. The van der Waals surface area contributed by atoms with E-state index in [9.17, 15) is 4.79 Å². The van der Waals surface area contributed by atoms with Crippen LogP contribution in [-0.4, -0.2) is 31.3 Å². The zero-order valence-corrected chi connectivity index (χ0v) is 14.1. The Hall–Kier alpha value is -1.72. The van der Waals surface area contributed by atoms with Crippen molar-refractivity contribution in [2.75, 3.05) is 20.3 Å². The lowest BCUT2D eigenvalue weighted by Crippen LogP contribution is -2.05. The third-order valence-electron chi connectivity index (χ3n) is 4.97. The molecule has 4 rings (SSSR count). The van der Waals surface area contributed by atoms with Gasteiger partial charge in [0.05, 0.1) is 19.3 Å². The number of aromatic nitrogens is 1. The number of thiazole rings is 1. The topological polar surface area (TPSA) is 48.4 Å². The van der Waals surface area contributed by atoms with E-state index >= 15 is 0 Å². The third-order valence-corrected chi connectivity index (χ3v) is 5.93. The van der Waals surface area contributed by atoms with Gasteiger partial charge in [0.1, 0.15) is 5.01 Å². The highest BCUT2D eigenvalue weighted by Gasteiger charge is 2.56. The largest absolute Gasteiger partial charge is 0.465 e. The highest BCUT2D eigenvalue weighted by atomic mass is 32.1. The molecule has 1 aromatic heterocycles. The summed E-state index contributed by atoms with van der Waals surface area (Å²) in [6.45, 7) is 3.73. The van der Waals surface area contributed by atoms with Gasteiger partial charge in [-0.1, -0.05) is 0 Å². The van der Waals surface area contributed by atoms with E-state index in [0.717, 1.165) is 41.5 Å². The molecule has 2 unspecified atom stereocenters. The van der Waals surface area contributed by atoms with Gasteiger partial charge in [0.15, 0.2) is 0 Å². The lowest BCUT2D eigenvalue weighted by atomic mass is 9.95. The van der Waals surface area contributed by atoms with Crippen molar-refractivity contribution in [1.29, 1.82) is 0 Å². The van der Waals surface area contributed by atoms with Crippen LogP contribution in [0.25, 0.3) is 10.6 Å². The number of carbonyl (C=O) groups is 1. The molecule has 0 bridgehead atoms. The first kappa shape index (κ1) is 14.8. The number of methoxy groups -OCH3 is 1. The first-order chi connectivity index (χ1) is 11.1. The molecule has 1 spiro atoms. The molecular weight excluding hydrogens is 310 g/mol. The van der Waals surface area contributed by atoms with Crippen molar-refractivity contribution in [3.63, 3.8) is 0 Å². The molecule has 2 aromatic rings. The summed E-state index contributed by atoms with van der Waals surface area (Å²) in [5, 5.41) is 0.951. The summed E-state index contributed by atoms with van der Waals surface area (Å²) in [6.07, 6.45) is 4.13. The van der Waals surface area contributed by atoms with Crippen LogP contribution in [0.5, 0.6) is 0 Å². The van der Waals surface area contributed by atoms with Crippen molar-refractivity contribution in [2.45, 2.75) is 25.7 Å². The van der Waals surface area contributed by atoms with Gasteiger partial charge in [-0.3, -0.25) is 0 Å². The van der Waals surface area contributed by atoms with Gasteiger partial charge in [0.25, 0.3) is 0 Å². The van der Waals surface area contributed by atoms with Gasteiger partial charge in [-0.2, -0.15) is 0 Å². The van der Waals surface area contributed by atoms with Crippen molar-refractivity contribution in [1.82, 2.24) is 4.98 Å². The van der Waals surface area contributed by atoms with Gasteiger partial charge >= 0.3 is 5.97 Å². The molecule has 1 aliphatic carbocycles. The average Bonchev–Trinajstić information content (AvgIpc) is 2.88. The van der Waals surface area contributed by atoms with E-state index in [1.807, 2.05) is 25.3 Å². The van der Waals surface area contributed by atoms with E-state index in [-0.39, 0.29) is 5.97 Å². The highest BCUT2D eigenvalue weighted by molar-refractivity contribution is 7.14. The number of nitrogens with zero attached hydrogens (tertiary/aromatic N) is 1. The SMILES string of the molecule is COC(=O)c1cc(-c2ncc(C)s2)cc(C2CC23CCOC3)c1. The Labute approximate surface area is 139 Å². The molecule has 0 amide bonds. The Balaban J connectivity index is 1.75. The van der Waals surface area contributed by atoms with E-state index in [1.54, 1.807) is 11.3 Å². The number of esters is 1. The highest BCUT2D eigenvalue weighted by Crippen LogP contribution is 2.63. The molecular formula is C18H19NO3S. The summed E-state index contributed by atoms with van der Waals surface area (Å²) >= 11 is 1.65. The summed E-state index contributed by atoms with van der Waals surface area (Å²) in [7, 11) is 1.42. The van der Waals surface area contributed by atoms with Crippen LogP contribution in [0.4, 0.5) is 0 Å². The number of hydrogen-bond donors (Lipinski definition) is 0. The number of hydrogen-bond acceptors (Lipinski definition) is 5. The van der Waals surface area contributed by atoms with Gasteiger partial charge in [0.2, 0.25) is 0 Å². The molecule has 120 valence electrons. The summed E-state index contributed by atoms with van der Waals surface area (Å²) < 4.78 is 10.5. The van der Waals surface area contributed by atoms with Gasteiger partial charge < -0.3 is 9.47 Å². The molecule has 1 saturated carbocycles. The average molecular weight is 329 g/mol. The maximum atomic E-state index is 12.0. The van der Waals surface area contributed by atoms with Crippen LogP contribution >= 0.6 is 11.3 Å². The number of benzene rings is 1. The minimum Gasteiger partial charge on any atom is -0.465 e. The van der Waals surface area contributed by atoms with E-state index < -0.39 is 0 Å². The van der Waals surface area contributed by atoms with Crippen LogP contribution in [0.1, 0.15) is 39.6 Å². The molecule has 2 atom stereocenters. The maximum Gasteiger partial charge on any atom is 0.337 e. The summed E-state index contributed by atoms with van der Waals surface area (Å²) in [6, 6.07) is 6.05. The molecule has 4 nitrogen and oxygen atoms in total.